The lowest BCUT2D eigenvalue weighted by Crippen LogP contribution is -2.19. The largest absolute Gasteiger partial charge is 0.348 e. The van der Waals surface area contributed by atoms with Gasteiger partial charge in [0.05, 0.1) is 18.6 Å². The lowest BCUT2D eigenvalue weighted by Gasteiger charge is -2.08. The van der Waals surface area contributed by atoms with Gasteiger partial charge in [0.15, 0.2) is 0 Å². The Balaban J connectivity index is 2.00. The van der Waals surface area contributed by atoms with Gasteiger partial charge in [0, 0.05) is 23.5 Å². The number of rotatable bonds is 3. The van der Waals surface area contributed by atoms with E-state index in [1.807, 2.05) is 49.5 Å². The lowest BCUT2D eigenvalue weighted by atomic mass is 10.1. The van der Waals surface area contributed by atoms with Crippen LogP contribution < -0.4 is 5.56 Å². The zero-order chi connectivity index (χ0) is 13.9. The van der Waals surface area contributed by atoms with E-state index in [9.17, 15) is 4.79 Å². The van der Waals surface area contributed by atoms with E-state index in [0.717, 1.165) is 22.5 Å². The average molecular weight is 265 g/mol. The van der Waals surface area contributed by atoms with Crippen molar-refractivity contribution in [3.05, 3.63) is 76.6 Å². The Labute approximate surface area is 116 Å². The molecular formula is C16H15N3O. The first-order chi connectivity index (χ1) is 9.74. The minimum atomic E-state index is -0.00853. The first-order valence-electron chi connectivity index (χ1n) is 6.49. The van der Waals surface area contributed by atoms with Crippen LogP contribution in [0.5, 0.6) is 0 Å². The third kappa shape index (κ3) is 2.40. The SMILES string of the molecule is Cc1[nH]cnc1-c1ccc(=O)n(Cc2ccccc2)c1. The number of aromatic nitrogens is 3. The van der Waals surface area contributed by atoms with Crippen LogP contribution in [0.4, 0.5) is 0 Å². The second kappa shape index (κ2) is 5.17. The Bertz CT molecular complexity index is 772. The Kier molecular flexibility index (Phi) is 3.21. The highest BCUT2D eigenvalue weighted by Crippen LogP contribution is 2.18. The number of nitrogens with one attached hydrogen (secondary N) is 1. The Hall–Kier alpha value is -2.62. The number of imidazole rings is 1. The van der Waals surface area contributed by atoms with Gasteiger partial charge in [0.25, 0.3) is 5.56 Å². The molecule has 0 fully saturated rings. The van der Waals surface area contributed by atoms with E-state index in [4.69, 9.17) is 0 Å². The number of benzene rings is 1. The first-order valence-corrected chi connectivity index (χ1v) is 6.49. The number of hydrogen-bond acceptors (Lipinski definition) is 2. The molecule has 0 saturated carbocycles. The maximum atomic E-state index is 12.0. The highest BCUT2D eigenvalue weighted by atomic mass is 16.1. The van der Waals surface area contributed by atoms with E-state index >= 15 is 0 Å². The van der Waals surface area contributed by atoms with Gasteiger partial charge in [-0.25, -0.2) is 4.98 Å². The molecule has 0 aliphatic carbocycles. The van der Waals surface area contributed by atoms with Gasteiger partial charge in [-0.15, -0.1) is 0 Å². The summed E-state index contributed by atoms with van der Waals surface area (Å²) in [5.41, 5.74) is 3.91. The van der Waals surface area contributed by atoms with Crippen LogP contribution in [0.25, 0.3) is 11.3 Å². The van der Waals surface area contributed by atoms with Crippen LogP contribution in [0, 0.1) is 6.92 Å². The summed E-state index contributed by atoms with van der Waals surface area (Å²) >= 11 is 0. The van der Waals surface area contributed by atoms with Crippen LogP contribution >= 0.6 is 0 Å². The van der Waals surface area contributed by atoms with Crippen molar-refractivity contribution in [1.82, 2.24) is 14.5 Å². The summed E-state index contributed by atoms with van der Waals surface area (Å²) in [6, 6.07) is 13.3. The van der Waals surface area contributed by atoms with Gasteiger partial charge in [-0.1, -0.05) is 30.3 Å². The van der Waals surface area contributed by atoms with Crippen LogP contribution in [-0.2, 0) is 6.54 Å². The molecule has 0 unspecified atom stereocenters. The zero-order valence-electron chi connectivity index (χ0n) is 11.2. The van der Waals surface area contributed by atoms with Crippen molar-refractivity contribution in [2.45, 2.75) is 13.5 Å². The predicted molar refractivity (Wildman–Crippen MR) is 78.6 cm³/mol. The Morgan fingerprint density at radius 3 is 2.65 bits per heavy atom. The normalized spacial score (nSPS) is 10.7. The number of hydrogen-bond donors (Lipinski definition) is 1. The molecule has 100 valence electrons. The molecule has 0 saturated heterocycles. The summed E-state index contributed by atoms with van der Waals surface area (Å²) in [5.74, 6) is 0. The topological polar surface area (TPSA) is 50.7 Å². The number of H-pyrrole nitrogens is 1. The minimum absolute atomic E-state index is 0.00853. The minimum Gasteiger partial charge on any atom is -0.348 e. The quantitative estimate of drug-likeness (QED) is 0.791. The van der Waals surface area contributed by atoms with Gasteiger partial charge in [-0.2, -0.15) is 0 Å². The van der Waals surface area contributed by atoms with Crippen molar-refractivity contribution in [3.63, 3.8) is 0 Å². The van der Waals surface area contributed by atoms with Crippen LogP contribution in [-0.4, -0.2) is 14.5 Å². The molecule has 0 spiro atoms. The fourth-order valence-electron chi connectivity index (χ4n) is 2.22. The van der Waals surface area contributed by atoms with Gasteiger partial charge >= 0.3 is 0 Å². The third-order valence-corrected chi connectivity index (χ3v) is 3.28. The average Bonchev–Trinajstić information content (AvgIpc) is 2.89. The van der Waals surface area contributed by atoms with E-state index in [1.54, 1.807) is 17.0 Å². The molecule has 2 heterocycles. The fourth-order valence-corrected chi connectivity index (χ4v) is 2.22. The van der Waals surface area contributed by atoms with Crippen molar-refractivity contribution < 1.29 is 0 Å². The molecule has 4 nitrogen and oxygen atoms in total. The third-order valence-electron chi connectivity index (χ3n) is 3.28. The Morgan fingerprint density at radius 2 is 1.95 bits per heavy atom. The molecule has 0 radical (unpaired) electrons. The van der Waals surface area contributed by atoms with Gasteiger partial charge in [-0.3, -0.25) is 4.79 Å². The standard InChI is InChI=1S/C16H15N3O/c1-12-16(18-11-17-12)14-7-8-15(20)19(10-14)9-13-5-3-2-4-6-13/h2-8,10-11H,9H2,1H3,(H,17,18). The molecule has 0 aliphatic heterocycles. The summed E-state index contributed by atoms with van der Waals surface area (Å²) < 4.78 is 1.71. The first kappa shape index (κ1) is 12.4. The van der Waals surface area contributed by atoms with E-state index in [2.05, 4.69) is 9.97 Å². The van der Waals surface area contributed by atoms with E-state index in [0.29, 0.717) is 6.54 Å². The molecular weight excluding hydrogens is 250 g/mol. The fraction of sp³-hybridized carbons (Fsp3) is 0.125. The maximum absolute atomic E-state index is 12.0. The van der Waals surface area contributed by atoms with E-state index < -0.39 is 0 Å². The molecule has 0 bridgehead atoms. The van der Waals surface area contributed by atoms with Gasteiger partial charge in [0.1, 0.15) is 0 Å². The monoisotopic (exact) mass is 265 g/mol. The van der Waals surface area contributed by atoms with Crippen LogP contribution in [0.15, 0.2) is 59.8 Å². The van der Waals surface area contributed by atoms with Crippen molar-refractivity contribution in [3.8, 4) is 11.3 Å². The molecule has 2 aromatic heterocycles. The van der Waals surface area contributed by atoms with Gasteiger partial charge < -0.3 is 9.55 Å². The number of nitrogens with zero attached hydrogens (tertiary/aromatic N) is 2. The van der Waals surface area contributed by atoms with E-state index in [1.165, 1.54) is 0 Å². The van der Waals surface area contributed by atoms with Crippen molar-refractivity contribution in [1.29, 1.82) is 0 Å². The molecule has 0 aliphatic rings. The Morgan fingerprint density at radius 1 is 1.15 bits per heavy atom. The smallest absolute Gasteiger partial charge is 0.250 e. The number of aryl methyl sites for hydroxylation is 1. The van der Waals surface area contributed by atoms with E-state index in [-0.39, 0.29) is 5.56 Å². The second-order valence-electron chi connectivity index (χ2n) is 4.75. The zero-order valence-corrected chi connectivity index (χ0v) is 11.2. The summed E-state index contributed by atoms with van der Waals surface area (Å²) in [5, 5.41) is 0. The molecule has 0 amide bonds. The molecule has 0 atom stereocenters. The summed E-state index contributed by atoms with van der Waals surface area (Å²) in [6.07, 6.45) is 3.52. The molecule has 3 aromatic rings. The summed E-state index contributed by atoms with van der Waals surface area (Å²) in [4.78, 5) is 19.3. The predicted octanol–water partition coefficient (Wildman–Crippen LogP) is 2.60. The summed E-state index contributed by atoms with van der Waals surface area (Å²) in [7, 11) is 0. The highest BCUT2D eigenvalue weighted by Gasteiger charge is 2.06. The second-order valence-corrected chi connectivity index (χ2v) is 4.75. The van der Waals surface area contributed by atoms with Crippen LogP contribution in [0.3, 0.4) is 0 Å². The van der Waals surface area contributed by atoms with Crippen molar-refractivity contribution in [2.24, 2.45) is 0 Å². The van der Waals surface area contributed by atoms with Crippen LogP contribution in [0.1, 0.15) is 11.3 Å². The highest BCUT2D eigenvalue weighted by molar-refractivity contribution is 5.60. The van der Waals surface area contributed by atoms with Crippen molar-refractivity contribution in [2.75, 3.05) is 0 Å². The number of pyridine rings is 1. The molecule has 1 aromatic carbocycles. The molecule has 1 N–H and O–H groups in total. The number of aromatic amines is 1. The summed E-state index contributed by atoms with van der Waals surface area (Å²) in [6.45, 7) is 2.53. The lowest BCUT2D eigenvalue weighted by molar-refractivity contribution is 0.760. The molecule has 4 heteroatoms. The molecule has 3 rings (SSSR count). The van der Waals surface area contributed by atoms with Gasteiger partial charge in [0.2, 0.25) is 0 Å². The van der Waals surface area contributed by atoms with Crippen LogP contribution in [0.2, 0.25) is 0 Å². The molecule has 20 heavy (non-hydrogen) atoms. The van der Waals surface area contributed by atoms with Crippen molar-refractivity contribution >= 4 is 0 Å². The maximum Gasteiger partial charge on any atom is 0.250 e. The van der Waals surface area contributed by atoms with Gasteiger partial charge in [-0.05, 0) is 18.6 Å².